The summed E-state index contributed by atoms with van der Waals surface area (Å²) >= 11 is 0.731. The lowest BCUT2D eigenvalue weighted by atomic mass is 10.2. The van der Waals surface area contributed by atoms with Crippen LogP contribution in [0.1, 0.15) is 0 Å². The van der Waals surface area contributed by atoms with Crippen LogP contribution in [-0.2, 0) is 0 Å². The molecule has 2 aromatic carbocycles. The van der Waals surface area contributed by atoms with Crippen molar-refractivity contribution in [3.8, 4) is 22.1 Å². The summed E-state index contributed by atoms with van der Waals surface area (Å²) in [5, 5.41) is -0.374. The third-order valence-electron chi connectivity index (χ3n) is 3.33. The van der Waals surface area contributed by atoms with Gasteiger partial charge >= 0.3 is 0 Å². The summed E-state index contributed by atoms with van der Waals surface area (Å²) in [6.07, 6.45) is 0. The molecule has 0 saturated carbocycles. The number of hydrogen-bond acceptors (Lipinski definition) is 4. The molecule has 0 atom stereocenters. The van der Waals surface area contributed by atoms with Crippen LogP contribution in [0.5, 0.6) is 11.5 Å². The van der Waals surface area contributed by atoms with Gasteiger partial charge in [0.15, 0.2) is 23.3 Å². The highest BCUT2D eigenvalue weighted by Gasteiger charge is 2.29. The Morgan fingerprint density at radius 2 is 1.29 bits per heavy atom. The summed E-state index contributed by atoms with van der Waals surface area (Å²) in [6.45, 7) is 0. The highest BCUT2D eigenvalue weighted by atomic mass is 32.1. The molecule has 0 unspecified atom stereocenters. The fourth-order valence-corrected chi connectivity index (χ4v) is 3.29. The van der Waals surface area contributed by atoms with E-state index in [0.29, 0.717) is 10.4 Å². The maximum absolute atomic E-state index is 14.0. The molecule has 1 aromatic heterocycles. The van der Waals surface area contributed by atoms with Gasteiger partial charge < -0.3 is 9.47 Å². The van der Waals surface area contributed by atoms with Crippen LogP contribution in [0.4, 0.5) is 22.0 Å². The van der Waals surface area contributed by atoms with E-state index < -0.39 is 34.6 Å². The maximum Gasteiger partial charge on any atom is 0.200 e. The van der Waals surface area contributed by atoms with E-state index in [4.69, 9.17) is 9.47 Å². The number of ether oxygens (including phenoxy) is 2. The Labute approximate surface area is 136 Å². The van der Waals surface area contributed by atoms with E-state index in [-0.39, 0.29) is 16.3 Å². The third-order valence-corrected chi connectivity index (χ3v) is 4.42. The maximum atomic E-state index is 14.0. The lowest BCUT2D eigenvalue weighted by molar-refractivity contribution is 0.381. The molecule has 9 heteroatoms. The summed E-state index contributed by atoms with van der Waals surface area (Å²) in [4.78, 5) is 3.97. The molecule has 24 heavy (non-hydrogen) atoms. The van der Waals surface area contributed by atoms with E-state index in [1.807, 2.05) is 0 Å². The van der Waals surface area contributed by atoms with Crippen molar-refractivity contribution >= 4 is 21.6 Å². The Hall–Kier alpha value is -2.42. The van der Waals surface area contributed by atoms with Crippen LogP contribution in [0.3, 0.4) is 0 Å². The van der Waals surface area contributed by atoms with Crippen LogP contribution < -0.4 is 9.47 Å². The van der Waals surface area contributed by atoms with Crippen molar-refractivity contribution < 1.29 is 31.4 Å². The molecule has 1 heterocycles. The van der Waals surface area contributed by atoms with E-state index in [9.17, 15) is 22.0 Å². The summed E-state index contributed by atoms with van der Waals surface area (Å²) in [6, 6.07) is 3.06. The van der Waals surface area contributed by atoms with Crippen molar-refractivity contribution in [2.75, 3.05) is 14.2 Å². The molecule has 0 amide bonds. The Morgan fingerprint density at radius 1 is 0.792 bits per heavy atom. The van der Waals surface area contributed by atoms with Gasteiger partial charge in [0.1, 0.15) is 26.7 Å². The second-order valence-corrected chi connectivity index (χ2v) is 5.61. The molecule has 0 N–H and O–H groups in total. The number of thiazole rings is 1. The fraction of sp³-hybridized carbons (Fsp3) is 0.133. The van der Waals surface area contributed by atoms with E-state index >= 15 is 0 Å². The van der Waals surface area contributed by atoms with Crippen molar-refractivity contribution in [3.63, 3.8) is 0 Å². The van der Waals surface area contributed by atoms with E-state index in [1.165, 1.54) is 20.3 Å². The third kappa shape index (κ3) is 2.27. The molecule has 0 aliphatic rings. The first kappa shape index (κ1) is 16.4. The van der Waals surface area contributed by atoms with Crippen LogP contribution in [0.15, 0.2) is 12.1 Å². The molecular weight excluding hydrogens is 353 g/mol. The van der Waals surface area contributed by atoms with Crippen molar-refractivity contribution in [1.82, 2.24) is 4.98 Å². The lowest BCUT2D eigenvalue weighted by Crippen LogP contribution is -2.03. The van der Waals surface area contributed by atoms with Crippen molar-refractivity contribution in [2.24, 2.45) is 0 Å². The smallest absolute Gasteiger partial charge is 0.200 e. The van der Waals surface area contributed by atoms with Crippen LogP contribution in [0.2, 0.25) is 0 Å². The number of benzene rings is 2. The number of nitrogens with zero attached hydrogens (tertiary/aromatic N) is 1. The monoisotopic (exact) mass is 361 g/mol. The second kappa shape index (κ2) is 5.90. The fourth-order valence-electron chi connectivity index (χ4n) is 2.19. The number of halogens is 5. The molecule has 0 bridgehead atoms. The first-order chi connectivity index (χ1) is 11.4. The van der Waals surface area contributed by atoms with E-state index in [1.54, 1.807) is 6.07 Å². The van der Waals surface area contributed by atoms with Crippen molar-refractivity contribution in [2.45, 2.75) is 0 Å². The lowest BCUT2D eigenvalue weighted by Gasteiger charge is -2.05. The first-order valence-corrected chi connectivity index (χ1v) is 7.25. The van der Waals surface area contributed by atoms with Gasteiger partial charge in [-0.05, 0) is 12.1 Å². The van der Waals surface area contributed by atoms with Crippen molar-refractivity contribution in [1.29, 1.82) is 0 Å². The molecule has 3 nitrogen and oxygen atoms in total. The standard InChI is InChI=1S/C15H8F5NO2S/c1-22-5-3-4-6(23-2)14-13(5)21-15(24-14)7-8(16)10(18)12(20)11(19)9(7)17/h3-4H,1-2H3. The molecule has 0 fully saturated rings. The summed E-state index contributed by atoms with van der Waals surface area (Å²) in [5.74, 6) is -9.54. The average Bonchev–Trinajstić information content (AvgIpc) is 3.02. The highest BCUT2D eigenvalue weighted by Crippen LogP contribution is 2.42. The summed E-state index contributed by atoms with van der Waals surface area (Å²) in [5.41, 5.74) is -0.891. The molecule has 3 aromatic rings. The van der Waals surface area contributed by atoms with Gasteiger partial charge in [0, 0.05) is 0 Å². The molecule has 0 spiro atoms. The average molecular weight is 361 g/mol. The minimum Gasteiger partial charge on any atom is -0.495 e. The van der Waals surface area contributed by atoms with E-state index in [0.717, 1.165) is 11.3 Å². The van der Waals surface area contributed by atoms with Gasteiger partial charge in [-0.1, -0.05) is 0 Å². The van der Waals surface area contributed by atoms with Crippen LogP contribution in [0.25, 0.3) is 20.8 Å². The normalized spacial score (nSPS) is 11.1. The van der Waals surface area contributed by atoms with Gasteiger partial charge in [0.2, 0.25) is 5.82 Å². The zero-order valence-corrected chi connectivity index (χ0v) is 13.0. The quantitative estimate of drug-likeness (QED) is 0.386. The molecule has 0 saturated heterocycles. The van der Waals surface area contributed by atoms with Crippen molar-refractivity contribution in [3.05, 3.63) is 41.2 Å². The largest absolute Gasteiger partial charge is 0.495 e. The van der Waals surface area contributed by atoms with Gasteiger partial charge in [-0.3, -0.25) is 0 Å². The van der Waals surface area contributed by atoms with Gasteiger partial charge in [0.05, 0.1) is 19.8 Å². The predicted octanol–water partition coefficient (Wildman–Crippen LogP) is 4.68. The highest BCUT2D eigenvalue weighted by molar-refractivity contribution is 7.22. The zero-order chi connectivity index (χ0) is 17.6. The number of hydrogen-bond donors (Lipinski definition) is 0. The van der Waals surface area contributed by atoms with Crippen LogP contribution >= 0.6 is 11.3 Å². The number of methoxy groups -OCH3 is 2. The Morgan fingerprint density at radius 3 is 1.83 bits per heavy atom. The molecule has 0 aliphatic carbocycles. The number of aromatic nitrogens is 1. The molecular formula is C15H8F5NO2S. The molecule has 0 radical (unpaired) electrons. The topological polar surface area (TPSA) is 31.4 Å². The Balaban J connectivity index is 2.36. The molecule has 126 valence electrons. The van der Waals surface area contributed by atoms with Crippen LogP contribution in [-0.4, -0.2) is 19.2 Å². The van der Waals surface area contributed by atoms with E-state index in [2.05, 4.69) is 4.98 Å². The van der Waals surface area contributed by atoms with Gasteiger partial charge in [-0.15, -0.1) is 11.3 Å². The number of rotatable bonds is 3. The minimum atomic E-state index is -2.22. The Bertz CT molecular complexity index is 887. The second-order valence-electron chi connectivity index (χ2n) is 4.61. The SMILES string of the molecule is COc1ccc(OC)c2sc(-c3c(F)c(F)c(F)c(F)c3F)nc12. The van der Waals surface area contributed by atoms with Gasteiger partial charge in [-0.2, -0.15) is 0 Å². The van der Waals surface area contributed by atoms with Gasteiger partial charge in [-0.25, -0.2) is 26.9 Å². The zero-order valence-electron chi connectivity index (χ0n) is 12.2. The predicted molar refractivity (Wildman–Crippen MR) is 77.9 cm³/mol. The molecule has 0 aliphatic heterocycles. The Kier molecular flexibility index (Phi) is 4.04. The summed E-state index contributed by atoms with van der Waals surface area (Å²) < 4.78 is 78.5. The van der Waals surface area contributed by atoms with Crippen LogP contribution in [0, 0.1) is 29.1 Å². The number of fused-ring (bicyclic) bond motifs is 1. The molecule has 3 rings (SSSR count). The minimum absolute atomic E-state index is 0.195. The van der Waals surface area contributed by atoms with Gasteiger partial charge in [0.25, 0.3) is 0 Å². The summed E-state index contributed by atoms with van der Waals surface area (Å²) in [7, 11) is 2.73. The first-order valence-electron chi connectivity index (χ1n) is 6.44.